The fourth-order valence-corrected chi connectivity index (χ4v) is 2.48. The molecule has 0 atom stereocenters. The normalized spacial score (nSPS) is 16.9. The lowest BCUT2D eigenvalue weighted by Crippen LogP contribution is -2.29. The van der Waals surface area contributed by atoms with Crippen molar-refractivity contribution in [3.05, 3.63) is 30.0 Å². The molecule has 92 valence electrons. The van der Waals surface area contributed by atoms with Crippen molar-refractivity contribution in [1.82, 2.24) is 15.1 Å². The average Bonchev–Trinajstić information content (AvgIpc) is 2.74. The molecule has 1 saturated heterocycles. The number of hydrogen-bond donors (Lipinski definition) is 1. The molecular formula is C13H18ClN3. The molecule has 0 amide bonds. The third kappa shape index (κ3) is 2.61. The Labute approximate surface area is 108 Å². The first-order valence-corrected chi connectivity index (χ1v) is 6.08. The molecule has 3 rings (SSSR count). The number of para-hydroxylation sites is 1. The van der Waals surface area contributed by atoms with E-state index in [2.05, 4.69) is 33.3 Å². The van der Waals surface area contributed by atoms with E-state index in [0.29, 0.717) is 0 Å². The maximum Gasteiger partial charge on any atom is 0.0924 e. The van der Waals surface area contributed by atoms with Gasteiger partial charge in [0, 0.05) is 11.9 Å². The molecular weight excluding hydrogens is 234 g/mol. The van der Waals surface area contributed by atoms with E-state index in [1.54, 1.807) is 0 Å². The van der Waals surface area contributed by atoms with Crippen LogP contribution in [-0.4, -0.2) is 28.2 Å². The van der Waals surface area contributed by atoms with Crippen LogP contribution >= 0.6 is 12.4 Å². The number of aromatic amines is 1. The van der Waals surface area contributed by atoms with Crippen LogP contribution in [0.5, 0.6) is 0 Å². The minimum Gasteiger partial charge on any atom is -0.298 e. The van der Waals surface area contributed by atoms with Crippen molar-refractivity contribution in [3.8, 4) is 0 Å². The largest absolute Gasteiger partial charge is 0.298 e. The van der Waals surface area contributed by atoms with Crippen molar-refractivity contribution >= 4 is 23.3 Å². The molecule has 0 bridgehead atoms. The predicted molar refractivity (Wildman–Crippen MR) is 72.5 cm³/mol. The Hall–Kier alpha value is -1.06. The molecule has 0 spiro atoms. The second-order valence-corrected chi connectivity index (χ2v) is 4.56. The number of nitrogens with one attached hydrogen (secondary N) is 1. The molecule has 1 aliphatic rings. The lowest BCUT2D eigenvalue weighted by atomic mass is 10.1. The van der Waals surface area contributed by atoms with E-state index in [1.165, 1.54) is 43.4 Å². The molecule has 1 N–H and O–H groups in total. The van der Waals surface area contributed by atoms with Gasteiger partial charge in [0.25, 0.3) is 0 Å². The highest BCUT2D eigenvalue weighted by molar-refractivity contribution is 5.85. The fourth-order valence-electron chi connectivity index (χ4n) is 2.48. The van der Waals surface area contributed by atoms with E-state index in [1.807, 2.05) is 6.07 Å². The average molecular weight is 252 g/mol. The third-order valence-corrected chi connectivity index (χ3v) is 3.37. The van der Waals surface area contributed by atoms with Crippen LogP contribution < -0.4 is 0 Å². The minimum absolute atomic E-state index is 0. The molecule has 17 heavy (non-hydrogen) atoms. The number of hydrogen-bond acceptors (Lipinski definition) is 2. The van der Waals surface area contributed by atoms with Gasteiger partial charge in [-0.05, 0) is 32.0 Å². The maximum atomic E-state index is 4.33. The van der Waals surface area contributed by atoms with Crippen molar-refractivity contribution in [2.24, 2.45) is 0 Å². The van der Waals surface area contributed by atoms with Crippen molar-refractivity contribution in [2.45, 2.75) is 25.8 Å². The Morgan fingerprint density at radius 3 is 2.71 bits per heavy atom. The molecule has 4 heteroatoms. The minimum atomic E-state index is 0. The standard InChI is InChI=1S/C13H17N3.ClH/c1-4-8-16(9-5-1)10-13-11-6-2-3-7-12(11)14-15-13;/h2-3,6-7H,1,4-5,8-10H2,(H,14,15);1H. The van der Waals surface area contributed by atoms with Gasteiger partial charge in [-0.15, -0.1) is 12.4 Å². The summed E-state index contributed by atoms with van der Waals surface area (Å²) in [5.41, 5.74) is 2.34. The van der Waals surface area contributed by atoms with Crippen LogP contribution in [0.3, 0.4) is 0 Å². The first-order valence-electron chi connectivity index (χ1n) is 6.08. The number of aromatic nitrogens is 2. The molecule has 2 heterocycles. The van der Waals surface area contributed by atoms with Gasteiger partial charge >= 0.3 is 0 Å². The summed E-state index contributed by atoms with van der Waals surface area (Å²) in [6.45, 7) is 3.47. The number of rotatable bonds is 2. The zero-order valence-corrected chi connectivity index (χ0v) is 10.7. The predicted octanol–water partition coefficient (Wildman–Crippen LogP) is 2.97. The van der Waals surface area contributed by atoms with Crippen LogP contribution in [0.25, 0.3) is 10.9 Å². The van der Waals surface area contributed by atoms with E-state index in [-0.39, 0.29) is 12.4 Å². The Morgan fingerprint density at radius 1 is 1.12 bits per heavy atom. The van der Waals surface area contributed by atoms with Crippen molar-refractivity contribution in [1.29, 1.82) is 0 Å². The van der Waals surface area contributed by atoms with Gasteiger partial charge < -0.3 is 0 Å². The molecule has 1 aromatic carbocycles. The maximum absolute atomic E-state index is 4.33. The van der Waals surface area contributed by atoms with Gasteiger partial charge in [0.1, 0.15) is 0 Å². The second kappa shape index (κ2) is 5.52. The van der Waals surface area contributed by atoms with Crippen LogP contribution in [0.4, 0.5) is 0 Å². The monoisotopic (exact) mass is 251 g/mol. The summed E-state index contributed by atoms with van der Waals surface area (Å²) in [6.07, 6.45) is 4.07. The van der Waals surface area contributed by atoms with Crippen LogP contribution in [0.1, 0.15) is 25.0 Å². The van der Waals surface area contributed by atoms with Crippen LogP contribution in [-0.2, 0) is 6.54 Å². The molecule has 0 saturated carbocycles. The first-order chi connectivity index (χ1) is 7.93. The van der Waals surface area contributed by atoms with Gasteiger partial charge in [-0.3, -0.25) is 10.00 Å². The molecule has 2 aromatic rings. The van der Waals surface area contributed by atoms with Crippen LogP contribution in [0.15, 0.2) is 24.3 Å². The summed E-state index contributed by atoms with van der Waals surface area (Å²) in [4.78, 5) is 2.52. The molecule has 1 aliphatic heterocycles. The summed E-state index contributed by atoms with van der Waals surface area (Å²) in [6, 6.07) is 8.33. The second-order valence-electron chi connectivity index (χ2n) is 4.56. The number of fused-ring (bicyclic) bond motifs is 1. The van der Waals surface area contributed by atoms with E-state index in [9.17, 15) is 0 Å². The van der Waals surface area contributed by atoms with E-state index >= 15 is 0 Å². The third-order valence-electron chi connectivity index (χ3n) is 3.37. The Bertz CT molecular complexity index is 474. The SMILES string of the molecule is Cl.c1ccc2c(CN3CCCCC3)[nH]nc2c1. The summed E-state index contributed by atoms with van der Waals surface area (Å²) < 4.78 is 0. The molecule has 3 nitrogen and oxygen atoms in total. The molecule has 1 aromatic heterocycles. The summed E-state index contributed by atoms with van der Waals surface area (Å²) >= 11 is 0. The number of likely N-dealkylation sites (tertiary alicyclic amines) is 1. The number of H-pyrrole nitrogens is 1. The lowest BCUT2D eigenvalue weighted by molar-refractivity contribution is 0.219. The van der Waals surface area contributed by atoms with E-state index in [0.717, 1.165) is 12.1 Å². The highest BCUT2D eigenvalue weighted by Gasteiger charge is 2.13. The van der Waals surface area contributed by atoms with Gasteiger partial charge in [0.05, 0.1) is 11.2 Å². The van der Waals surface area contributed by atoms with Crippen molar-refractivity contribution in [3.63, 3.8) is 0 Å². The van der Waals surface area contributed by atoms with Crippen LogP contribution in [0.2, 0.25) is 0 Å². The topological polar surface area (TPSA) is 31.9 Å². The summed E-state index contributed by atoms with van der Waals surface area (Å²) in [5, 5.41) is 8.77. The van der Waals surface area contributed by atoms with Crippen LogP contribution in [0, 0.1) is 0 Å². The first kappa shape index (κ1) is 12.4. The quantitative estimate of drug-likeness (QED) is 0.890. The van der Waals surface area contributed by atoms with Gasteiger partial charge in [0.15, 0.2) is 0 Å². The van der Waals surface area contributed by atoms with Gasteiger partial charge in [0.2, 0.25) is 0 Å². The number of benzene rings is 1. The fraction of sp³-hybridized carbons (Fsp3) is 0.462. The van der Waals surface area contributed by atoms with E-state index < -0.39 is 0 Å². The van der Waals surface area contributed by atoms with Crippen molar-refractivity contribution in [2.75, 3.05) is 13.1 Å². The Morgan fingerprint density at radius 2 is 1.88 bits per heavy atom. The lowest BCUT2D eigenvalue weighted by Gasteiger charge is -2.25. The molecule has 0 radical (unpaired) electrons. The van der Waals surface area contributed by atoms with Gasteiger partial charge in [-0.2, -0.15) is 5.10 Å². The smallest absolute Gasteiger partial charge is 0.0924 e. The van der Waals surface area contributed by atoms with E-state index in [4.69, 9.17) is 0 Å². The number of piperidine rings is 1. The van der Waals surface area contributed by atoms with Gasteiger partial charge in [-0.1, -0.05) is 24.6 Å². The Kier molecular flexibility index (Phi) is 4.02. The number of halogens is 1. The highest BCUT2D eigenvalue weighted by atomic mass is 35.5. The molecule has 0 unspecified atom stereocenters. The zero-order valence-electron chi connectivity index (χ0n) is 9.85. The number of nitrogens with zero attached hydrogens (tertiary/aromatic N) is 2. The summed E-state index contributed by atoms with van der Waals surface area (Å²) in [5.74, 6) is 0. The Balaban J connectivity index is 0.00000108. The summed E-state index contributed by atoms with van der Waals surface area (Å²) in [7, 11) is 0. The van der Waals surface area contributed by atoms with Crippen molar-refractivity contribution < 1.29 is 0 Å². The van der Waals surface area contributed by atoms with Gasteiger partial charge in [-0.25, -0.2) is 0 Å². The molecule has 1 fully saturated rings. The highest BCUT2D eigenvalue weighted by Crippen LogP contribution is 2.18. The zero-order chi connectivity index (χ0) is 10.8. The molecule has 0 aliphatic carbocycles.